The largest absolute Gasteiger partial charge is 0.356 e. The molecule has 146 valence electrons. The second kappa shape index (κ2) is 8.21. The van der Waals surface area contributed by atoms with Gasteiger partial charge in [0.1, 0.15) is 11.9 Å². The Labute approximate surface area is 162 Å². The number of rotatable bonds is 6. The van der Waals surface area contributed by atoms with Gasteiger partial charge >= 0.3 is 6.03 Å². The lowest BCUT2D eigenvalue weighted by atomic mass is 10.1. The number of imide groups is 1. The molecule has 1 aliphatic heterocycles. The van der Waals surface area contributed by atoms with Crippen molar-refractivity contribution in [3.8, 4) is 0 Å². The van der Waals surface area contributed by atoms with E-state index in [0.29, 0.717) is 17.8 Å². The van der Waals surface area contributed by atoms with Crippen LogP contribution in [0, 0.1) is 12.7 Å². The molecule has 0 spiro atoms. The number of carbonyl (C=O) groups excluding carboxylic acids is 3. The van der Waals surface area contributed by atoms with Gasteiger partial charge in [0.05, 0.1) is 12.1 Å². The predicted octanol–water partition coefficient (Wildman–Crippen LogP) is 3.00. The predicted molar refractivity (Wildman–Crippen MR) is 103 cm³/mol. The minimum Gasteiger partial charge on any atom is -0.356 e. The Kier molecular flexibility index (Phi) is 5.73. The van der Waals surface area contributed by atoms with E-state index in [2.05, 4.69) is 5.32 Å². The molecule has 3 rings (SSSR count). The lowest BCUT2D eigenvalue weighted by Crippen LogP contribution is -2.39. The van der Waals surface area contributed by atoms with Gasteiger partial charge in [-0.25, -0.2) is 14.1 Å². The van der Waals surface area contributed by atoms with Gasteiger partial charge in [0, 0.05) is 13.1 Å². The third kappa shape index (κ3) is 4.03. The molecule has 1 aliphatic rings. The van der Waals surface area contributed by atoms with Crippen molar-refractivity contribution in [2.24, 2.45) is 0 Å². The molecular formula is C21H22FN3O3. The summed E-state index contributed by atoms with van der Waals surface area (Å²) in [5.74, 6) is -1.13. The van der Waals surface area contributed by atoms with E-state index < -0.39 is 18.0 Å². The summed E-state index contributed by atoms with van der Waals surface area (Å²) < 4.78 is 13.2. The summed E-state index contributed by atoms with van der Waals surface area (Å²) in [5.41, 5.74) is 2.14. The van der Waals surface area contributed by atoms with E-state index in [1.165, 1.54) is 17.0 Å². The van der Waals surface area contributed by atoms with Gasteiger partial charge in [-0.3, -0.25) is 9.59 Å². The molecule has 6 nitrogen and oxygen atoms in total. The van der Waals surface area contributed by atoms with Crippen molar-refractivity contribution in [1.29, 1.82) is 0 Å². The van der Waals surface area contributed by atoms with Crippen LogP contribution in [0.1, 0.15) is 24.5 Å². The summed E-state index contributed by atoms with van der Waals surface area (Å²) in [6.45, 7) is 4.25. The van der Waals surface area contributed by atoms with Gasteiger partial charge in [0.2, 0.25) is 5.91 Å². The standard InChI is InChI=1S/C21H22FN3O3/c1-3-23-19(26)12-18-20(27)25(17-10-4-14(2)5-11-17)21(28)24(18)13-15-6-8-16(22)9-7-15/h4-11,18H,3,12-13H2,1-2H3,(H,23,26). The fraction of sp³-hybridized carbons (Fsp3) is 0.286. The number of nitrogens with zero attached hydrogens (tertiary/aromatic N) is 2. The lowest BCUT2D eigenvalue weighted by molar-refractivity contribution is -0.127. The molecule has 0 radical (unpaired) electrons. The van der Waals surface area contributed by atoms with Crippen LogP contribution in [-0.4, -0.2) is 35.3 Å². The average Bonchev–Trinajstić information content (AvgIpc) is 2.89. The van der Waals surface area contributed by atoms with Gasteiger partial charge < -0.3 is 10.2 Å². The van der Waals surface area contributed by atoms with E-state index in [4.69, 9.17) is 0 Å². The minimum atomic E-state index is -0.912. The van der Waals surface area contributed by atoms with Crippen LogP contribution in [0.15, 0.2) is 48.5 Å². The highest BCUT2D eigenvalue weighted by Gasteiger charge is 2.46. The van der Waals surface area contributed by atoms with Crippen LogP contribution in [0.4, 0.5) is 14.9 Å². The molecule has 1 N–H and O–H groups in total. The highest BCUT2D eigenvalue weighted by Crippen LogP contribution is 2.28. The lowest BCUT2D eigenvalue weighted by Gasteiger charge is -2.21. The van der Waals surface area contributed by atoms with Crippen LogP contribution in [0.3, 0.4) is 0 Å². The van der Waals surface area contributed by atoms with Crippen molar-refractivity contribution in [3.05, 3.63) is 65.5 Å². The number of urea groups is 1. The number of amides is 4. The van der Waals surface area contributed by atoms with Crippen molar-refractivity contribution in [1.82, 2.24) is 10.2 Å². The summed E-state index contributed by atoms with van der Waals surface area (Å²) in [6.07, 6.45) is -0.123. The Morgan fingerprint density at radius 3 is 2.32 bits per heavy atom. The van der Waals surface area contributed by atoms with E-state index in [0.717, 1.165) is 10.5 Å². The van der Waals surface area contributed by atoms with E-state index in [9.17, 15) is 18.8 Å². The van der Waals surface area contributed by atoms with Crippen molar-refractivity contribution >= 4 is 23.5 Å². The molecule has 1 saturated heterocycles. The molecule has 1 atom stereocenters. The van der Waals surface area contributed by atoms with Gasteiger partial charge in [0.25, 0.3) is 5.91 Å². The van der Waals surface area contributed by atoms with Crippen molar-refractivity contribution in [3.63, 3.8) is 0 Å². The first-order valence-electron chi connectivity index (χ1n) is 9.13. The maximum Gasteiger partial charge on any atom is 0.332 e. The number of aryl methyl sites for hydroxylation is 1. The molecule has 0 aromatic heterocycles. The number of nitrogens with one attached hydrogen (secondary N) is 1. The van der Waals surface area contributed by atoms with Gasteiger partial charge in [0.15, 0.2) is 0 Å². The second-order valence-corrected chi connectivity index (χ2v) is 6.72. The van der Waals surface area contributed by atoms with Crippen molar-refractivity contribution < 1.29 is 18.8 Å². The average molecular weight is 383 g/mol. The normalized spacial score (nSPS) is 16.6. The molecule has 1 heterocycles. The zero-order valence-electron chi connectivity index (χ0n) is 15.8. The van der Waals surface area contributed by atoms with Gasteiger partial charge in [-0.2, -0.15) is 0 Å². The van der Waals surface area contributed by atoms with Gasteiger partial charge in [-0.1, -0.05) is 29.8 Å². The quantitative estimate of drug-likeness (QED) is 0.780. The topological polar surface area (TPSA) is 69.7 Å². The van der Waals surface area contributed by atoms with E-state index in [1.54, 1.807) is 31.2 Å². The Hall–Kier alpha value is -3.22. The van der Waals surface area contributed by atoms with Crippen LogP contribution >= 0.6 is 0 Å². The number of carbonyl (C=O) groups is 3. The second-order valence-electron chi connectivity index (χ2n) is 6.72. The Morgan fingerprint density at radius 2 is 1.71 bits per heavy atom. The number of hydrogen-bond donors (Lipinski definition) is 1. The molecule has 0 aliphatic carbocycles. The maximum absolute atomic E-state index is 13.2. The molecule has 4 amide bonds. The Morgan fingerprint density at radius 1 is 1.07 bits per heavy atom. The number of halogens is 1. The van der Waals surface area contributed by atoms with Crippen LogP contribution in [0.25, 0.3) is 0 Å². The molecule has 0 bridgehead atoms. The molecular weight excluding hydrogens is 361 g/mol. The zero-order valence-corrected chi connectivity index (χ0v) is 15.8. The molecule has 2 aromatic rings. The number of hydrogen-bond acceptors (Lipinski definition) is 3. The van der Waals surface area contributed by atoms with Crippen LogP contribution in [0.5, 0.6) is 0 Å². The molecule has 1 fully saturated rings. The van der Waals surface area contributed by atoms with Crippen LogP contribution < -0.4 is 10.2 Å². The Bertz CT molecular complexity index is 881. The fourth-order valence-corrected chi connectivity index (χ4v) is 3.18. The maximum atomic E-state index is 13.2. The summed E-state index contributed by atoms with van der Waals surface area (Å²) in [4.78, 5) is 40.6. The van der Waals surface area contributed by atoms with Crippen molar-refractivity contribution in [2.75, 3.05) is 11.4 Å². The van der Waals surface area contributed by atoms with Gasteiger partial charge in [-0.05, 0) is 43.7 Å². The fourth-order valence-electron chi connectivity index (χ4n) is 3.18. The van der Waals surface area contributed by atoms with E-state index >= 15 is 0 Å². The monoisotopic (exact) mass is 383 g/mol. The smallest absolute Gasteiger partial charge is 0.332 e. The molecule has 28 heavy (non-hydrogen) atoms. The first kappa shape index (κ1) is 19.5. The Balaban J connectivity index is 1.91. The highest BCUT2D eigenvalue weighted by molar-refractivity contribution is 6.22. The molecule has 1 unspecified atom stereocenters. The summed E-state index contributed by atoms with van der Waals surface area (Å²) in [7, 11) is 0. The van der Waals surface area contributed by atoms with Crippen molar-refractivity contribution in [2.45, 2.75) is 32.9 Å². The zero-order chi connectivity index (χ0) is 20.3. The first-order chi connectivity index (χ1) is 13.4. The summed E-state index contributed by atoms with van der Waals surface area (Å²) in [6, 6.07) is 11.4. The summed E-state index contributed by atoms with van der Waals surface area (Å²) in [5, 5.41) is 2.66. The third-order valence-electron chi connectivity index (χ3n) is 4.63. The number of anilines is 1. The highest BCUT2D eigenvalue weighted by atomic mass is 19.1. The minimum absolute atomic E-state index is 0.108. The van der Waals surface area contributed by atoms with Gasteiger partial charge in [-0.15, -0.1) is 0 Å². The molecule has 2 aromatic carbocycles. The SMILES string of the molecule is CCNC(=O)CC1C(=O)N(c2ccc(C)cc2)C(=O)N1Cc1ccc(F)cc1. The summed E-state index contributed by atoms with van der Waals surface area (Å²) >= 11 is 0. The third-order valence-corrected chi connectivity index (χ3v) is 4.63. The van der Waals surface area contributed by atoms with Crippen LogP contribution in [0.2, 0.25) is 0 Å². The number of benzene rings is 2. The van der Waals surface area contributed by atoms with Crippen LogP contribution in [-0.2, 0) is 16.1 Å². The van der Waals surface area contributed by atoms with E-state index in [-0.39, 0.29) is 24.7 Å². The first-order valence-corrected chi connectivity index (χ1v) is 9.13. The van der Waals surface area contributed by atoms with E-state index in [1.807, 2.05) is 19.1 Å². The molecule has 0 saturated carbocycles. The molecule has 7 heteroatoms.